The molecule has 0 aliphatic carbocycles. The molecular formula is C38H22N4. The fraction of sp³-hybridized carbons (Fsp3) is 0. The first-order valence-corrected chi connectivity index (χ1v) is 13.8. The molecule has 8 aromatic rings. The molecule has 0 radical (unpaired) electrons. The number of benzene rings is 6. The number of hydrogen-bond acceptors (Lipinski definition) is 0. The Hall–Kier alpha value is -6.10. The van der Waals surface area contributed by atoms with Crippen molar-refractivity contribution in [3.8, 4) is 22.5 Å². The molecule has 0 saturated carbocycles. The van der Waals surface area contributed by atoms with Gasteiger partial charge in [-0.1, -0.05) is 91.0 Å². The first-order valence-electron chi connectivity index (χ1n) is 13.8. The Morgan fingerprint density at radius 1 is 0.429 bits per heavy atom. The molecular weight excluding hydrogens is 512 g/mol. The lowest BCUT2D eigenvalue weighted by molar-refractivity contribution is 1.18. The average molecular weight is 535 g/mol. The van der Waals surface area contributed by atoms with E-state index in [1.54, 1.807) is 0 Å². The number of hydrogen-bond donors (Lipinski definition) is 0. The van der Waals surface area contributed by atoms with Crippen LogP contribution in [0.2, 0.25) is 0 Å². The Morgan fingerprint density at radius 3 is 1.79 bits per heavy atom. The summed E-state index contributed by atoms with van der Waals surface area (Å²) in [6.07, 6.45) is 0. The van der Waals surface area contributed by atoms with E-state index in [1.807, 2.05) is 36.4 Å². The van der Waals surface area contributed by atoms with E-state index in [0.717, 1.165) is 66.1 Å². The Labute approximate surface area is 242 Å². The highest BCUT2D eigenvalue weighted by Gasteiger charge is 2.18. The summed E-state index contributed by atoms with van der Waals surface area (Å²) in [7, 11) is 0. The van der Waals surface area contributed by atoms with Gasteiger partial charge in [0.1, 0.15) is 0 Å². The van der Waals surface area contributed by atoms with Crippen LogP contribution in [0.3, 0.4) is 0 Å². The molecule has 0 aliphatic rings. The Balaban J connectivity index is 1.43. The summed E-state index contributed by atoms with van der Waals surface area (Å²) in [6.45, 7) is 15.4. The predicted octanol–water partition coefficient (Wildman–Crippen LogP) is 10.6. The van der Waals surface area contributed by atoms with E-state index in [0.29, 0.717) is 11.4 Å². The molecule has 42 heavy (non-hydrogen) atoms. The number of nitrogens with zero attached hydrogens (tertiary/aromatic N) is 4. The number of aromatic nitrogens is 2. The van der Waals surface area contributed by atoms with E-state index in [2.05, 4.69) is 116 Å². The van der Waals surface area contributed by atoms with Gasteiger partial charge in [-0.05, 0) is 53.4 Å². The summed E-state index contributed by atoms with van der Waals surface area (Å²) in [6, 6.07) is 45.7. The van der Waals surface area contributed by atoms with Crippen molar-refractivity contribution in [2.24, 2.45) is 0 Å². The minimum Gasteiger partial charge on any atom is -0.319 e. The number of fused-ring (bicyclic) bond motifs is 6. The van der Waals surface area contributed by atoms with Crippen LogP contribution in [0.15, 0.2) is 133 Å². The van der Waals surface area contributed by atoms with Gasteiger partial charge in [0.2, 0.25) is 5.69 Å². The second kappa shape index (κ2) is 9.24. The Morgan fingerprint density at radius 2 is 1.02 bits per heavy atom. The minimum absolute atomic E-state index is 0.620. The summed E-state index contributed by atoms with van der Waals surface area (Å²) in [4.78, 5) is 7.53. The second-order valence-electron chi connectivity index (χ2n) is 10.4. The topological polar surface area (TPSA) is 18.6 Å². The average Bonchev–Trinajstić information content (AvgIpc) is 3.56. The van der Waals surface area contributed by atoms with E-state index in [1.165, 1.54) is 0 Å². The molecule has 4 nitrogen and oxygen atoms in total. The Kier molecular flexibility index (Phi) is 5.22. The molecule has 8 rings (SSSR count). The van der Waals surface area contributed by atoms with Crippen LogP contribution in [0.1, 0.15) is 0 Å². The van der Waals surface area contributed by atoms with Crippen molar-refractivity contribution < 1.29 is 0 Å². The van der Waals surface area contributed by atoms with Crippen LogP contribution in [0.5, 0.6) is 0 Å². The van der Waals surface area contributed by atoms with Crippen LogP contribution in [-0.4, -0.2) is 9.13 Å². The summed E-state index contributed by atoms with van der Waals surface area (Å²) >= 11 is 0. The van der Waals surface area contributed by atoms with Crippen LogP contribution >= 0.6 is 0 Å². The largest absolute Gasteiger partial charge is 0.319 e. The first kappa shape index (κ1) is 23.8. The third kappa shape index (κ3) is 3.40. The fourth-order valence-corrected chi connectivity index (χ4v) is 6.35. The van der Waals surface area contributed by atoms with Crippen molar-refractivity contribution in [1.29, 1.82) is 0 Å². The molecule has 4 heteroatoms. The van der Waals surface area contributed by atoms with Crippen molar-refractivity contribution >= 4 is 55.0 Å². The normalized spacial score (nSPS) is 11.3. The van der Waals surface area contributed by atoms with Gasteiger partial charge in [0.05, 0.1) is 46.6 Å². The molecule has 0 N–H and O–H groups in total. The van der Waals surface area contributed by atoms with E-state index in [9.17, 15) is 0 Å². The van der Waals surface area contributed by atoms with Gasteiger partial charge in [0.25, 0.3) is 0 Å². The standard InChI is InChI=1S/C38H22N4/c1-39-26-20-22-36-31(24-26)29-13-5-9-17-35(29)41(36)33-15-7-3-11-27(33)25-19-21-30-28-12-4-8-16-34(28)42(38(30)23-25)37-18-10-6-14-32(37)40-2/h3-24H. The van der Waals surface area contributed by atoms with E-state index >= 15 is 0 Å². The van der Waals surface area contributed by atoms with Crippen molar-refractivity contribution in [3.63, 3.8) is 0 Å². The third-order valence-corrected chi connectivity index (χ3v) is 8.16. The molecule has 0 saturated heterocycles. The monoisotopic (exact) mass is 534 g/mol. The number of para-hydroxylation sites is 5. The van der Waals surface area contributed by atoms with Crippen LogP contribution < -0.4 is 0 Å². The van der Waals surface area contributed by atoms with Crippen LogP contribution in [0.25, 0.3) is 75.8 Å². The fourth-order valence-electron chi connectivity index (χ4n) is 6.35. The molecule has 0 bridgehead atoms. The zero-order valence-electron chi connectivity index (χ0n) is 22.5. The van der Waals surface area contributed by atoms with Crippen molar-refractivity contribution in [3.05, 3.63) is 156 Å². The predicted molar refractivity (Wildman–Crippen MR) is 173 cm³/mol. The van der Waals surface area contributed by atoms with Gasteiger partial charge < -0.3 is 9.13 Å². The van der Waals surface area contributed by atoms with Crippen molar-refractivity contribution in [1.82, 2.24) is 9.13 Å². The summed E-state index contributed by atoms with van der Waals surface area (Å²) in [5.74, 6) is 0. The summed E-state index contributed by atoms with van der Waals surface area (Å²) in [5.41, 5.74) is 9.70. The lowest BCUT2D eigenvalue weighted by atomic mass is 10.0. The van der Waals surface area contributed by atoms with Crippen LogP contribution in [0.4, 0.5) is 11.4 Å². The van der Waals surface area contributed by atoms with Gasteiger partial charge in [-0.3, -0.25) is 0 Å². The van der Waals surface area contributed by atoms with E-state index < -0.39 is 0 Å². The number of rotatable bonds is 3. The van der Waals surface area contributed by atoms with Crippen LogP contribution in [-0.2, 0) is 0 Å². The molecule has 2 aromatic heterocycles. The molecule has 6 aromatic carbocycles. The summed E-state index contributed by atoms with van der Waals surface area (Å²) < 4.78 is 4.53. The van der Waals surface area contributed by atoms with Gasteiger partial charge in [-0.15, -0.1) is 0 Å². The van der Waals surface area contributed by atoms with Gasteiger partial charge in [0, 0.05) is 21.7 Å². The molecule has 0 unspecified atom stereocenters. The molecule has 194 valence electrons. The molecule has 0 aliphatic heterocycles. The van der Waals surface area contributed by atoms with Gasteiger partial charge in [0.15, 0.2) is 5.69 Å². The maximum Gasteiger partial charge on any atom is 0.210 e. The maximum absolute atomic E-state index is 7.84. The Bertz CT molecular complexity index is 2440. The highest BCUT2D eigenvalue weighted by Crippen LogP contribution is 2.40. The highest BCUT2D eigenvalue weighted by atomic mass is 15.0. The summed E-state index contributed by atoms with van der Waals surface area (Å²) in [5, 5.41) is 4.50. The minimum atomic E-state index is 0.620. The second-order valence-corrected chi connectivity index (χ2v) is 10.4. The maximum atomic E-state index is 7.84. The smallest absolute Gasteiger partial charge is 0.210 e. The quantitative estimate of drug-likeness (QED) is 0.201. The molecule has 0 spiro atoms. The molecule has 2 heterocycles. The lowest BCUT2D eigenvalue weighted by Gasteiger charge is -2.15. The van der Waals surface area contributed by atoms with Crippen LogP contribution in [0, 0.1) is 13.1 Å². The SMILES string of the molecule is [C-]#[N+]c1ccc2c(c1)c1ccccc1n2-c1ccccc1-c1ccc2c3ccccc3n(-c3ccccc3[N+]#[C-])c2c1. The molecule has 0 amide bonds. The lowest BCUT2D eigenvalue weighted by Crippen LogP contribution is -1.97. The zero-order chi connectivity index (χ0) is 28.2. The van der Waals surface area contributed by atoms with E-state index in [4.69, 9.17) is 13.1 Å². The van der Waals surface area contributed by atoms with Crippen molar-refractivity contribution in [2.75, 3.05) is 0 Å². The van der Waals surface area contributed by atoms with Gasteiger partial charge >= 0.3 is 0 Å². The third-order valence-electron chi connectivity index (χ3n) is 8.16. The first-order chi connectivity index (χ1) is 20.8. The highest BCUT2D eigenvalue weighted by molar-refractivity contribution is 6.12. The van der Waals surface area contributed by atoms with E-state index in [-0.39, 0.29) is 0 Å². The van der Waals surface area contributed by atoms with Gasteiger partial charge in [-0.2, -0.15) is 0 Å². The van der Waals surface area contributed by atoms with Gasteiger partial charge in [-0.25, -0.2) is 9.69 Å². The molecule has 0 atom stereocenters. The molecule has 0 fully saturated rings. The zero-order valence-corrected chi connectivity index (χ0v) is 22.5. The van der Waals surface area contributed by atoms with Crippen molar-refractivity contribution in [2.45, 2.75) is 0 Å².